The predicted octanol–water partition coefficient (Wildman–Crippen LogP) is 2.64. The molecule has 0 aliphatic carbocycles. The molecule has 0 atom stereocenters. The van der Waals surface area contributed by atoms with E-state index in [1.54, 1.807) is 0 Å². The molecule has 2 aromatic rings. The fraction of sp³-hybridized carbons (Fsp3) is 0.100. The van der Waals surface area contributed by atoms with Crippen LogP contribution >= 0.6 is 22.7 Å². The Balaban J connectivity index is 2.11. The minimum absolute atomic E-state index is 0.183. The van der Waals surface area contributed by atoms with E-state index in [0.29, 0.717) is 14.9 Å². The van der Waals surface area contributed by atoms with Crippen molar-refractivity contribution in [2.24, 2.45) is 0 Å². The van der Waals surface area contributed by atoms with Crippen LogP contribution in [0.2, 0.25) is 0 Å². The number of nitrogens with zero attached hydrogens (tertiary/aromatic N) is 2. The molecule has 0 spiro atoms. The molecule has 2 rings (SSSR count). The van der Waals surface area contributed by atoms with Gasteiger partial charge in [0, 0.05) is 0 Å². The Morgan fingerprint density at radius 1 is 1.62 bits per heavy atom. The summed E-state index contributed by atoms with van der Waals surface area (Å²) in [4.78, 5) is 16.8. The summed E-state index contributed by atoms with van der Waals surface area (Å²) in [6, 6.07) is 3.79. The van der Waals surface area contributed by atoms with E-state index in [9.17, 15) is 4.79 Å². The number of amides is 1. The molecule has 1 N–H and O–H groups in total. The average Bonchev–Trinajstić information content (AvgIpc) is 2.87. The van der Waals surface area contributed by atoms with Crippen molar-refractivity contribution in [3.05, 3.63) is 33.0 Å². The van der Waals surface area contributed by atoms with Crippen LogP contribution in [0.1, 0.15) is 20.1 Å². The van der Waals surface area contributed by atoms with Crippen LogP contribution < -0.4 is 5.32 Å². The Morgan fingerprint density at radius 3 is 3.00 bits per heavy atom. The molecule has 0 unspecified atom stereocenters. The summed E-state index contributed by atoms with van der Waals surface area (Å²) in [5.74, 6) is -0.183. The van der Waals surface area contributed by atoms with E-state index < -0.39 is 0 Å². The zero-order valence-electron chi connectivity index (χ0n) is 8.35. The molecule has 16 heavy (non-hydrogen) atoms. The van der Waals surface area contributed by atoms with Gasteiger partial charge in [-0.25, -0.2) is 4.98 Å². The smallest absolute Gasteiger partial charge is 0.267 e. The normalized spacial score (nSPS) is 9.75. The van der Waals surface area contributed by atoms with Crippen LogP contribution in [0.15, 0.2) is 17.6 Å². The summed E-state index contributed by atoms with van der Waals surface area (Å²) < 4.78 is 0. The number of hydrogen-bond acceptors (Lipinski definition) is 5. The first-order valence-electron chi connectivity index (χ1n) is 4.41. The number of nitriles is 1. The highest BCUT2D eigenvalue weighted by molar-refractivity contribution is 7.16. The molecule has 0 aromatic carbocycles. The summed E-state index contributed by atoms with van der Waals surface area (Å²) in [5, 5.41) is 13.6. The van der Waals surface area contributed by atoms with E-state index in [0.717, 1.165) is 16.9 Å². The number of rotatable bonds is 2. The molecule has 0 saturated carbocycles. The van der Waals surface area contributed by atoms with Crippen molar-refractivity contribution in [1.82, 2.24) is 4.98 Å². The van der Waals surface area contributed by atoms with Gasteiger partial charge in [0.2, 0.25) is 0 Å². The van der Waals surface area contributed by atoms with E-state index in [1.165, 1.54) is 17.5 Å². The maximum absolute atomic E-state index is 11.7. The highest BCUT2D eigenvalue weighted by Gasteiger charge is 2.10. The van der Waals surface area contributed by atoms with Crippen molar-refractivity contribution in [2.45, 2.75) is 6.92 Å². The fourth-order valence-electron chi connectivity index (χ4n) is 1.09. The molecule has 4 nitrogen and oxygen atoms in total. The number of thiazole rings is 1. The van der Waals surface area contributed by atoms with Crippen LogP contribution in [-0.2, 0) is 0 Å². The van der Waals surface area contributed by atoms with Crippen molar-refractivity contribution in [3.63, 3.8) is 0 Å². The van der Waals surface area contributed by atoms with Gasteiger partial charge in [-0.15, -0.1) is 11.3 Å². The number of anilines is 1. The van der Waals surface area contributed by atoms with Crippen LogP contribution in [0.5, 0.6) is 0 Å². The Bertz CT molecular complexity index is 565. The highest BCUT2D eigenvalue weighted by Crippen LogP contribution is 2.20. The molecule has 0 aliphatic rings. The van der Waals surface area contributed by atoms with Crippen LogP contribution in [0.3, 0.4) is 0 Å². The lowest BCUT2D eigenvalue weighted by atomic mass is 10.3. The monoisotopic (exact) mass is 249 g/mol. The van der Waals surface area contributed by atoms with E-state index in [4.69, 9.17) is 5.26 Å². The first-order valence-corrected chi connectivity index (χ1v) is 6.11. The van der Waals surface area contributed by atoms with Gasteiger partial charge in [-0.1, -0.05) is 11.3 Å². The molecule has 1 amide bonds. The molecule has 0 aliphatic heterocycles. The van der Waals surface area contributed by atoms with Gasteiger partial charge in [0.1, 0.15) is 10.9 Å². The van der Waals surface area contributed by atoms with Crippen molar-refractivity contribution >= 4 is 33.7 Å². The van der Waals surface area contributed by atoms with Crippen LogP contribution in [0, 0.1) is 18.3 Å². The third-order valence-corrected chi connectivity index (χ3v) is 3.65. The molecule has 6 heteroatoms. The first kappa shape index (κ1) is 10.8. The van der Waals surface area contributed by atoms with Gasteiger partial charge in [-0.05, 0) is 23.9 Å². The lowest BCUT2D eigenvalue weighted by molar-refractivity contribution is 0.103. The standard InChI is InChI=1S/C10H7N3OS2/c1-6-2-8(15-5-6)9(14)13-10-12-4-7(3-11)16-10/h2,4-5H,1H3,(H,12,13,14). The number of hydrogen-bond donors (Lipinski definition) is 1. The first-order chi connectivity index (χ1) is 7.69. The van der Waals surface area contributed by atoms with Crippen molar-refractivity contribution in [3.8, 4) is 6.07 Å². The van der Waals surface area contributed by atoms with Gasteiger partial charge in [-0.2, -0.15) is 5.26 Å². The van der Waals surface area contributed by atoms with Gasteiger partial charge in [0.05, 0.1) is 11.1 Å². The summed E-state index contributed by atoms with van der Waals surface area (Å²) in [5.41, 5.74) is 1.06. The number of nitrogens with one attached hydrogen (secondary N) is 1. The van der Waals surface area contributed by atoms with E-state index in [-0.39, 0.29) is 5.91 Å². The van der Waals surface area contributed by atoms with E-state index >= 15 is 0 Å². The summed E-state index contributed by atoms with van der Waals surface area (Å²) in [7, 11) is 0. The molecule has 80 valence electrons. The van der Waals surface area contributed by atoms with Crippen molar-refractivity contribution in [1.29, 1.82) is 5.26 Å². The third kappa shape index (κ3) is 2.27. The van der Waals surface area contributed by atoms with Gasteiger partial charge in [0.25, 0.3) is 5.91 Å². The second-order valence-electron chi connectivity index (χ2n) is 3.08. The predicted molar refractivity (Wildman–Crippen MR) is 63.8 cm³/mol. The SMILES string of the molecule is Cc1csc(C(=O)Nc2ncc(C#N)s2)c1. The fourth-order valence-corrected chi connectivity index (χ4v) is 2.49. The Hall–Kier alpha value is -1.71. The zero-order chi connectivity index (χ0) is 11.5. The Kier molecular flexibility index (Phi) is 2.99. The molecular formula is C10H7N3OS2. The zero-order valence-corrected chi connectivity index (χ0v) is 9.98. The molecule has 2 aromatic heterocycles. The van der Waals surface area contributed by atoms with Gasteiger partial charge < -0.3 is 0 Å². The minimum Gasteiger partial charge on any atom is -0.297 e. The van der Waals surface area contributed by atoms with Crippen LogP contribution in [-0.4, -0.2) is 10.9 Å². The van der Waals surface area contributed by atoms with E-state index in [1.807, 2.05) is 24.4 Å². The molecule has 0 fully saturated rings. The van der Waals surface area contributed by atoms with Gasteiger partial charge in [-0.3, -0.25) is 10.1 Å². The molecule has 2 heterocycles. The van der Waals surface area contributed by atoms with Crippen molar-refractivity contribution < 1.29 is 4.79 Å². The highest BCUT2D eigenvalue weighted by atomic mass is 32.1. The topological polar surface area (TPSA) is 65.8 Å². The Labute approximate surface area is 100 Å². The number of thiophene rings is 1. The van der Waals surface area contributed by atoms with Crippen molar-refractivity contribution in [2.75, 3.05) is 5.32 Å². The molecule has 0 saturated heterocycles. The third-order valence-electron chi connectivity index (χ3n) is 1.79. The average molecular weight is 249 g/mol. The molecular weight excluding hydrogens is 242 g/mol. The maximum atomic E-state index is 11.7. The second kappa shape index (κ2) is 4.43. The van der Waals surface area contributed by atoms with Crippen LogP contribution in [0.25, 0.3) is 0 Å². The lowest BCUT2D eigenvalue weighted by Gasteiger charge is -1.96. The largest absolute Gasteiger partial charge is 0.297 e. The molecule has 0 bridgehead atoms. The number of carbonyl (C=O) groups excluding carboxylic acids is 1. The summed E-state index contributed by atoms with van der Waals surface area (Å²) in [6.45, 7) is 1.93. The summed E-state index contributed by atoms with van der Waals surface area (Å²) in [6.07, 6.45) is 1.44. The van der Waals surface area contributed by atoms with Gasteiger partial charge in [0.15, 0.2) is 5.13 Å². The summed E-state index contributed by atoms with van der Waals surface area (Å²) >= 11 is 2.55. The van der Waals surface area contributed by atoms with E-state index in [2.05, 4.69) is 10.3 Å². The Morgan fingerprint density at radius 2 is 2.44 bits per heavy atom. The van der Waals surface area contributed by atoms with Crippen LogP contribution in [0.4, 0.5) is 5.13 Å². The molecule has 0 radical (unpaired) electrons. The number of aryl methyl sites for hydroxylation is 1. The lowest BCUT2D eigenvalue weighted by Crippen LogP contribution is -2.09. The number of aromatic nitrogens is 1. The maximum Gasteiger partial charge on any atom is 0.267 e. The number of carbonyl (C=O) groups is 1. The van der Waals surface area contributed by atoms with Gasteiger partial charge >= 0.3 is 0 Å². The quantitative estimate of drug-likeness (QED) is 0.889. The minimum atomic E-state index is -0.183. The second-order valence-corrected chi connectivity index (χ2v) is 5.03.